The molecule has 2 aliphatic rings. The van der Waals surface area contributed by atoms with Gasteiger partial charge in [-0.15, -0.1) is 0 Å². The summed E-state index contributed by atoms with van der Waals surface area (Å²) >= 11 is 0. The van der Waals surface area contributed by atoms with E-state index < -0.39 is 0 Å². The van der Waals surface area contributed by atoms with Crippen molar-refractivity contribution in [1.29, 1.82) is 0 Å². The summed E-state index contributed by atoms with van der Waals surface area (Å²) in [5, 5.41) is 6.80. The van der Waals surface area contributed by atoms with Gasteiger partial charge < -0.3 is 10.6 Å². The van der Waals surface area contributed by atoms with Gasteiger partial charge in [-0.3, -0.25) is 4.79 Å². The lowest BCUT2D eigenvalue weighted by molar-refractivity contribution is -0.126. The summed E-state index contributed by atoms with van der Waals surface area (Å²) < 4.78 is 0. The number of hydrogen-bond acceptors (Lipinski definition) is 2. The van der Waals surface area contributed by atoms with E-state index in [1.165, 1.54) is 23.1 Å². The second kappa shape index (κ2) is 8.05. The van der Waals surface area contributed by atoms with E-state index in [0.29, 0.717) is 5.92 Å². The number of aryl methyl sites for hydroxylation is 1. The van der Waals surface area contributed by atoms with Crippen LogP contribution in [0.2, 0.25) is 0 Å². The third kappa shape index (κ3) is 3.68. The molecule has 2 N–H and O–H groups in total. The standard InChI is InChI=1S/C23H28N2O/c26-23(19-13-15-24-16-14-19)25-22(18-8-2-1-3-9-18)21-12-6-10-17-7-4-5-11-20(17)21/h1-5,7-9,11,19,21-22,24H,6,10,12-16H2,(H,25,26). The van der Waals surface area contributed by atoms with Crippen molar-refractivity contribution in [1.82, 2.24) is 10.6 Å². The first-order valence-electron chi connectivity index (χ1n) is 9.97. The molecule has 0 bridgehead atoms. The van der Waals surface area contributed by atoms with Gasteiger partial charge in [0.15, 0.2) is 0 Å². The third-order valence-corrected chi connectivity index (χ3v) is 5.98. The van der Waals surface area contributed by atoms with Gasteiger partial charge in [0.25, 0.3) is 0 Å². The van der Waals surface area contributed by atoms with Gasteiger partial charge in [-0.05, 0) is 61.9 Å². The number of rotatable bonds is 4. The first kappa shape index (κ1) is 17.3. The average molecular weight is 348 g/mol. The third-order valence-electron chi connectivity index (χ3n) is 5.98. The molecule has 1 heterocycles. The fourth-order valence-electron chi connectivity index (χ4n) is 4.57. The minimum Gasteiger partial charge on any atom is -0.348 e. The van der Waals surface area contributed by atoms with Crippen molar-refractivity contribution in [2.75, 3.05) is 13.1 Å². The number of piperidine rings is 1. The first-order chi connectivity index (χ1) is 12.8. The maximum Gasteiger partial charge on any atom is 0.223 e. The zero-order valence-electron chi connectivity index (χ0n) is 15.3. The quantitative estimate of drug-likeness (QED) is 0.878. The van der Waals surface area contributed by atoms with E-state index in [9.17, 15) is 4.79 Å². The molecule has 2 aromatic rings. The Kier molecular flexibility index (Phi) is 5.35. The molecule has 2 atom stereocenters. The molecule has 1 amide bonds. The SMILES string of the molecule is O=C(NC(c1ccccc1)C1CCCc2ccccc21)C1CCNCC1. The highest BCUT2D eigenvalue weighted by molar-refractivity contribution is 5.79. The molecule has 1 fully saturated rings. The summed E-state index contributed by atoms with van der Waals surface area (Å²) in [5.74, 6) is 0.720. The van der Waals surface area contributed by atoms with E-state index in [2.05, 4.69) is 59.2 Å². The van der Waals surface area contributed by atoms with Crippen LogP contribution >= 0.6 is 0 Å². The van der Waals surface area contributed by atoms with Gasteiger partial charge in [-0.25, -0.2) is 0 Å². The Morgan fingerprint density at radius 1 is 0.962 bits per heavy atom. The first-order valence-corrected chi connectivity index (χ1v) is 9.97. The number of benzene rings is 2. The molecule has 2 unspecified atom stereocenters. The van der Waals surface area contributed by atoms with Crippen LogP contribution in [0, 0.1) is 5.92 Å². The molecular weight excluding hydrogens is 320 g/mol. The van der Waals surface area contributed by atoms with Gasteiger partial charge in [-0.2, -0.15) is 0 Å². The largest absolute Gasteiger partial charge is 0.348 e. The summed E-state index contributed by atoms with van der Waals surface area (Å²) in [5.41, 5.74) is 4.08. The van der Waals surface area contributed by atoms with Gasteiger partial charge in [0.1, 0.15) is 0 Å². The van der Waals surface area contributed by atoms with Crippen LogP contribution in [0.1, 0.15) is 54.3 Å². The maximum absolute atomic E-state index is 13.0. The van der Waals surface area contributed by atoms with E-state index in [1.54, 1.807) is 0 Å². The van der Waals surface area contributed by atoms with Gasteiger partial charge in [0.2, 0.25) is 5.91 Å². The monoisotopic (exact) mass is 348 g/mol. The van der Waals surface area contributed by atoms with Crippen LogP contribution in [0.25, 0.3) is 0 Å². The van der Waals surface area contributed by atoms with E-state index in [-0.39, 0.29) is 17.9 Å². The molecule has 0 radical (unpaired) electrons. The fraction of sp³-hybridized carbons (Fsp3) is 0.435. The Balaban J connectivity index is 1.63. The topological polar surface area (TPSA) is 41.1 Å². The second-order valence-corrected chi connectivity index (χ2v) is 7.62. The normalized spacial score (nSPS) is 21.6. The van der Waals surface area contributed by atoms with Crippen molar-refractivity contribution in [3.05, 3.63) is 71.3 Å². The van der Waals surface area contributed by atoms with Crippen LogP contribution in [-0.2, 0) is 11.2 Å². The maximum atomic E-state index is 13.0. The van der Waals surface area contributed by atoms with Gasteiger partial charge in [0.05, 0.1) is 6.04 Å². The average Bonchev–Trinajstić information content (AvgIpc) is 2.73. The minimum absolute atomic E-state index is 0.0556. The predicted octanol–water partition coefficient (Wildman–Crippen LogP) is 3.96. The molecule has 1 saturated heterocycles. The molecule has 2 aromatic carbocycles. The van der Waals surface area contributed by atoms with Crippen LogP contribution in [0.4, 0.5) is 0 Å². The number of hydrogen-bond donors (Lipinski definition) is 2. The molecule has 3 heteroatoms. The highest BCUT2D eigenvalue weighted by atomic mass is 16.1. The molecule has 0 saturated carbocycles. The van der Waals surface area contributed by atoms with Crippen molar-refractivity contribution in [2.24, 2.45) is 5.92 Å². The molecule has 3 nitrogen and oxygen atoms in total. The summed E-state index contributed by atoms with van der Waals surface area (Å²) in [4.78, 5) is 13.0. The van der Waals surface area contributed by atoms with Crippen LogP contribution in [0.3, 0.4) is 0 Å². The van der Waals surface area contributed by atoms with E-state index in [1.807, 2.05) is 6.07 Å². The summed E-state index contributed by atoms with van der Waals surface area (Å²) in [6.07, 6.45) is 5.34. The highest BCUT2D eigenvalue weighted by Gasteiger charge is 2.32. The lowest BCUT2D eigenvalue weighted by Gasteiger charge is -2.34. The molecule has 0 aromatic heterocycles. The van der Waals surface area contributed by atoms with E-state index in [0.717, 1.165) is 38.8 Å². The van der Waals surface area contributed by atoms with Crippen molar-refractivity contribution in [2.45, 2.75) is 44.1 Å². The molecule has 0 spiro atoms. The Bertz CT molecular complexity index is 737. The Hall–Kier alpha value is -2.13. The molecule has 1 aliphatic heterocycles. The molecule has 1 aliphatic carbocycles. The Morgan fingerprint density at radius 3 is 2.50 bits per heavy atom. The van der Waals surface area contributed by atoms with Gasteiger partial charge in [-0.1, -0.05) is 54.6 Å². The lowest BCUT2D eigenvalue weighted by atomic mass is 9.76. The van der Waals surface area contributed by atoms with Gasteiger partial charge >= 0.3 is 0 Å². The van der Waals surface area contributed by atoms with Crippen molar-refractivity contribution in [3.63, 3.8) is 0 Å². The Labute approximate surface area is 156 Å². The number of fused-ring (bicyclic) bond motifs is 1. The summed E-state index contributed by atoms with van der Waals surface area (Å²) in [7, 11) is 0. The lowest BCUT2D eigenvalue weighted by Crippen LogP contribution is -2.41. The van der Waals surface area contributed by atoms with Crippen molar-refractivity contribution >= 4 is 5.91 Å². The molecular formula is C23H28N2O. The van der Waals surface area contributed by atoms with Crippen molar-refractivity contribution in [3.8, 4) is 0 Å². The van der Waals surface area contributed by atoms with Gasteiger partial charge in [0, 0.05) is 11.8 Å². The Morgan fingerprint density at radius 2 is 1.69 bits per heavy atom. The minimum atomic E-state index is 0.0556. The number of amides is 1. The predicted molar refractivity (Wildman–Crippen MR) is 105 cm³/mol. The highest BCUT2D eigenvalue weighted by Crippen LogP contribution is 2.40. The zero-order chi connectivity index (χ0) is 17.8. The second-order valence-electron chi connectivity index (χ2n) is 7.62. The summed E-state index contributed by atoms with van der Waals surface area (Å²) in [6.45, 7) is 1.89. The fourth-order valence-corrected chi connectivity index (χ4v) is 4.57. The number of carbonyl (C=O) groups is 1. The molecule has 4 rings (SSSR count). The number of nitrogens with one attached hydrogen (secondary N) is 2. The van der Waals surface area contributed by atoms with Crippen LogP contribution in [0.15, 0.2) is 54.6 Å². The van der Waals surface area contributed by atoms with E-state index in [4.69, 9.17) is 0 Å². The smallest absolute Gasteiger partial charge is 0.223 e. The van der Waals surface area contributed by atoms with Crippen LogP contribution < -0.4 is 10.6 Å². The number of carbonyl (C=O) groups excluding carboxylic acids is 1. The van der Waals surface area contributed by atoms with Crippen LogP contribution in [0.5, 0.6) is 0 Å². The van der Waals surface area contributed by atoms with Crippen molar-refractivity contribution < 1.29 is 4.79 Å². The van der Waals surface area contributed by atoms with Crippen LogP contribution in [-0.4, -0.2) is 19.0 Å². The molecule has 136 valence electrons. The molecule has 26 heavy (non-hydrogen) atoms. The summed E-state index contributed by atoms with van der Waals surface area (Å²) in [6, 6.07) is 19.3. The van der Waals surface area contributed by atoms with E-state index >= 15 is 0 Å². The zero-order valence-corrected chi connectivity index (χ0v) is 15.3.